The Morgan fingerprint density at radius 1 is 1.06 bits per heavy atom. The first kappa shape index (κ1) is 21.0. The van der Waals surface area contributed by atoms with Crippen LogP contribution in [0.1, 0.15) is 77.1 Å². The van der Waals surface area contributed by atoms with Crippen molar-refractivity contribution in [3.05, 3.63) is 74.1 Å². The molecular formula is C25H24O6. The Bertz CT molecular complexity index is 1310. The van der Waals surface area contributed by atoms with E-state index in [1.807, 2.05) is 13.8 Å². The average molecular weight is 420 g/mol. The molecule has 0 aliphatic heterocycles. The van der Waals surface area contributed by atoms with E-state index in [1.54, 1.807) is 51.1 Å². The second kappa shape index (κ2) is 7.17. The van der Waals surface area contributed by atoms with E-state index in [9.17, 15) is 19.5 Å². The summed E-state index contributed by atoms with van der Waals surface area (Å²) in [6.07, 6.45) is 0.121. The fraction of sp³-hybridized carbons (Fsp3) is 0.320. The van der Waals surface area contributed by atoms with Crippen LogP contribution >= 0.6 is 0 Å². The molecule has 0 saturated carbocycles. The number of carbonyl (C=O) groups is 2. The van der Waals surface area contributed by atoms with Crippen LogP contribution < -0.4 is 10.4 Å². The molecule has 3 aromatic rings. The monoisotopic (exact) mass is 420 g/mol. The number of hydrogen-bond donors (Lipinski definition) is 1. The van der Waals surface area contributed by atoms with E-state index in [4.69, 9.17) is 9.15 Å². The van der Waals surface area contributed by atoms with Crippen molar-refractivity contribution < 1.29 is 23.8 Å². The third-order valence-electron chi connectivity index (χ3n) is 5.83. The van der Waals surface area contributed by atoms with Gasteiger partial charge in [-0.15, -0.1) is 0 Å². The van der Waals surface area contributed by atoms with E-state index in [0.29, 0.717) is 23.1 Å². The van der Waals surface area contributed by atoms with Crippen LogP contribution in [0.2, 0.25) is 0 Å². The second-order valence-electron chi connectivity index (χ2n) is 8.44. The minimum atomic E-state index is -1.37. The van der Waals surface area contributed by atoms with E-state index in [0.717, 1.165) is 0 Å². The molecule has 0 bridgehead atoms. The van der Waals surface area contributed by atoms with Crippen molar-refractivity contribution in [2.75, 3.05) is 0 Å². The van der Waals surface area contributed by atoms with Crippen molar-refractivity contribution in [2.45, 2.75) is 52.7 Å². The zero-order valence-corrected chi connectivity index (χ0v) is 18.2. The molecule has 1 N–H and O–H groups in total. The molecule has 6 nitrogen and oxygen atoms in total. The zero-order valence-electron chi connectivity index (χ0n) is 18.2. The zero-order chi connectivity index (χ0) is 22.7. The molecular weight excluding hydrogens is 396 g/mol. The van der Waals surface area contributed by atoms with Gasteiger partial charge in [-0.25, -0.2) is 4.79 Å². The van der Waals surface area contributed by atoms with Crippen LogP contribution in [0.15, 0.2) is 39.5 Å². The highest BCUT2D eigenvalue weighted by Gasteiger charge is 2.36. The summed E-state index contributed by atoms with van der Waals surface area (Å²) in [6, 6.07) is 8.13. The van der Waals surface area contributed by atoms with E-state index >= 15 is 0 Å². The van der Waals surface area contributed by atoms with Crippen LogP contribution in [0.4, 0.5) is 0 Å². The quantitative estimate of drug-likeness (QED) is 0.495. The molecule has 4 rings (SSSR count). The lowest BCUT2D eigenvalue weighted by Crippen LogP contribution is -2.28. The number of carbonyl (C=O) groups excluding carboxylic acids is 2. The minimum absolute atomic E-state index is 0.0534. The van der Waals surface area contributed by atoms with Crippen molar-refractivity contribution in [1.29, 1.82) is 0 Å². The molecule has 0 fully saturated rings. The molecule has 0 spiro atoms. The van der Waals surface area contributed by atoms with Gasteiger partial charge in [-0.1, -0.05) is 19.1 Å². The Labute approximate surface area is 179 Å². The summed E-state index contributed by atoms with van der Waals surface area (Å²) in [5.74, 6) is -0.432. The predicted octanol–water partition coefficient (Wildman–Crippen LogP) is 4.28. The number of fused-ring (bicyclic) bond motifs is 4. The summed E-state index contributed by atoms with van der Waals surface area (Å²) in [5, 5.41) is 11.1. The summed E-state index contributed by atoms with van der Waals surface area (Å²) in [6.45, 7) is 8.75. The lowest BCUT2D eigenvalue weighted by Gasteiger charge is -2.24. The third-order valence-corrected chi connectivity index (χ3v) is 5.83. The number of ether oxygens (including phenoxy) is 1. The average Bonchev–Trinajstić information content (AvgIpc) is 2.70. The van der Waals surface area contributed by atoms with Crippen molar-refractivity contribution in [2.24, 2.45) is 0 Å². The van der Waals surface area contributed by atoms with Gasteiger partial charge in [-0.05, 0) is 57.9 Å². The van der Waals surface area contributed by atoms with Gasteiger partial charge in [0.05, 0.1) is 28.4 Å². The van der Waals surface area contributed by atoms with E-state index in [1.165, 1.54) is 0 Å². The van der Waals surface area contributed by atoms with Gasteiger partial charge in [0, 0.05) is 16.5 Å². The maximum atomic E-state index is 13.6. The Balaban J connectivity index is 2.05. The van der Waals surface area contributed by atoms with E-state index in [-0.39, 0.29) is 45.3 Å². The Morgan fingerprint density at radius 3 is 2.42 bits per heavy atom. The Kier molecular flexibility index (Phi) is 4.85. The van der Waals surface area contributed by atoms with Crippen LogP contribution in [0.3, 0.4) is 0 Å². The van der Waals surface area contributed by atoms with Gasteiger partial charge < -0.3 is 14.3 Å². The molecule has 1 aliphatic carbocycles. The van der Waals surface area contributed by atoms with Crippen LogP contribution in [0.25, 0.3) is 11.0 Å². The van der Waals surface area contributed by atoms with Gasteiger partial charge >= 0.3 is 5.63 Å². The summed E-state index contributed by atoms with van der Waals surface area (Å²) in [5.41, 5.74) is -0.575. The van der Waals surface area contributed by atoms with Gasteiger partial charge in [0.15, 0.2) is 11.4 Å². The maximum absolute atomic E-state index is 13.6. The Hall–Kier alpha value is -3.25. The molecule has 1 aliphatic rings. The largest absolute Gasteiger partial charge is 0.490 e. The summed E-state index contributed by atoms with van der Waals surface area (Å²) in [4.78, 5) is 39.6. The lowest BCUT2D eigenvalue weighted by atomic mass is 9.81. The molecule has 1 atom stereocenters. The van der Waals surface area contributed by atoms with Crippen molar-refractivity contribution >= 4 is 22.5 Å². The first-order chi connectivity index (χ1) is 14.6. The van der Waals surface area contributed by atoms with Gasteiger partial charge in [0.1, 0.15) is 5.75 Å². The smallest absolute Gasteiger partial charge is 0.342 e. The molecule has 160 valence electrons. The first-order valence-electron chi connectivity index (χ1n) is 10.3. The van der Waals surface area contributed by atoms with Gasteiger partial charge in [0.25, 0.3) is 0 Å². The molecule has 0 amide bonds. The molecule has 6 heteroatoms. The number of hydrogen-bond acceptors (Lipinski definition) is 6. The molecule has 1 aromatic heterocycles. The van der Waals surface area contributed by atoms with Crippen molar-refractivity contribution in [3.63, 3.8) is 0 Å². The standard InChI is InChI=1S/C25H24O6/c1-6-25(5,29)17-11-15-13(4)10-16-20(23(15)31-24(17)28)22(27)19-14(21(16)26)8-7-9-18(19)30-12(2)3/h7-12,29H,6H2,1-5H3. The topological polar surface area (TPSA) is 93.8 Å². The third kappa shape index (κ3) is 3.18. The molecule has 0 saturated heterocycles. The van der Waals surface area contributed by atoms with Crippen LogP contribution in [0.5, 0.6) is 5.75 Å². The molecule has 2 aromatic carbocycles. The molecule has 1 unspecified atom stereocenters. The molecule has 31 heavy (non-hydrogen) atoms. The van der Waals surface area contributed by atoms with Crippen LogP contribution in [-0.4, -0.2) is 22.8 Å². The SMILES string of the molecule is CCC(C)(O)c1cc2c(C)cc3c(c2oc1=O)C(=O)c1c(OC(C)C)cccc1C3=O. The number of rotatable bonds is 4. The Morgan fingerprint density at radius 2 is 1.77 bits per heavy atom. The van der Waals surface area contributed by atoms with Gasteiger partial charge in [-0.3, -0.25) is 9.59 Å². The highest BCUT2D eigenvalue weighted by atomic mass is 16.5. The van der Waals surface area contributed by atoms with E-state index in [2.05, 4.69) is 0 Å². The number of benzene rings is 2. The molecule has 1 heterocycles. The van der Waals surface area contributed by atoms with Crippen LogP contribution in [0, 0.1) is 6.92 Å². The summed E-state index contributed by atoms with van der Waals surface area (Å²) >= 11 is 0. The highest BCUT2D eigenvalue weighted by Crippen LogP contribution is 2.38. The van der Waals surface area contributed by atoms with E-state index < -0.39 is 17.0 Å². The van der Waals surface area contributed by atoms with Gasteiger partial charge in [0.2, 0.25) is 5.78 Å². The first-order valence-corrected chi connectivity index (χ1v) is 10.3. The number of aliphatic hydroxyl groups is 1. The normalized spacial score (nSPS) is 15.1. The minimum Gasteiger partial charge on any atom is -0.490 e. The highest BCUT2D eigenvalue weighted by molar-refractivity contribution is 6.32. The summed E-state index contributed by atoms with van der Waals surface area (Å²) in [7, 11) is 0. The maximum Gasteiger partial charge on any atom is 0.342 e. The molecule has 0 radical (unpaired) electrons. The predicted molar refractivity (Wildman–Crippen MR) is 116 cm³/mol. The van der Waals surface area contributed by atoms with Gasteiger partial charge in [-0.2, -0.15) is 0 Å². The fourth-order valence-corrected chi connectivity index (χ4v) is 3.99. The second-order valence-corrected chi connectivity index (χ2v) is 8.44. The van der Waals surface area contributed by atoms with Crippen molar-refractivity contribution in [1.82, 2.24) is 0 Å². The summed E-state index contributed by atoms with van der Waals surface area (Å²) < 4.78 is 11.4. The number of aryl methyl sites for hydroxylation is 1. The lowest BCUT2D eigenvalue weighted by molar-refractivity contribution is 0.0498. The van der Waals surface area contributed by atoms with Crippen LogP contribution in [-0.2, 0) is 5.60 Å². The number of ketones is 2. The fourth-order valence-electron chi connectivity index (χ4n) is 3.99. The van der Waals surface area contributed by atoms with Crippen molar-refractivity contribution in [3.8, 4) is 5.75 Å².